The minimum atomic E-state index is -0.715. The van der Waals surface area contributed by atoms with Crippen molar-refractivity contribution in [3.8, 4) is 0 Å². The first-order valence-corrected chi connectivity index (χ1v) is 11.0. The Morgan fingerprint density at radius 2 is 1.93 bits per heavy atom. The number of hydrogen-bond acceptors (Lipinski definition) is 4. The molecule has 0 saturated heterocycles. The lowest BCUT2D eigenvalue weighted by atomic mass is 10.1. The Bertz CT molecular complexity index is 1050. The van der Waals surface area contributed by atoms with Gasteiger partial charge in [-0.2, -0.15) is 11.8 Å². The maximum atomic E-state index is 12.8. The van der Waals surface area contributed by atoms with Crippen molar-refractivity contribution in [2.45, 2.75) is 12.5 Å². The van der Waals surface area contributed by atoms with Crippen LogP contribution in [0.25, 0.3) is 10.9 Å². The van der Waals surface area contributed by atoms with Gasteiger partial charge in [0.25, 0.3) is 5.91 Å². The molecule has 0 aliphatic heterocycles. The molecule has 0 fully saturated rings. The van der Waals surface area contributed by atoms with Crippen molar-refractivity contribution >= 4 is 63.4 Å². The van der Waals surface area contributed by atoms with Gasteiger partial charge in [0.1, 0.15) is 6.04 Å². The van der Waals surface area contributed by atoms with E-state index in [0.717, 1.165) is 10.9 Å². The average Bonchev–Trinajstić information content (AvgIpc) is 2.70. The second-order valence-corrected chi connectivity index (χ2v) is 8.17. The van der Waals surface area contributed by atoms with Gasteiger partial charge in [-0.05, 0) is 48.8 Å². The first-order valence-electron chi connectivity index (χ1n) is 8.88. The molecule has 29 heavy (non-hydrogen) atoms. The van der Waals surface area contributed by atoms with Crippen molar-refractivity contribution < 1.29 is 9.59 Å². The maximum absolute atomic E-state index is 12.8. The van der Waals surface area contributed by atoms with Crippen molar-refractivity contribution in [2.24, 2.45) is 0 Å². The van der Waals surface area contributed by atoms with Gasteiger partial charge in [-0.25, -0.2) is 0 Å². The predicted molar refractivity (Wildman–Crippen MR) is 121 cm³/mol. The van der Waals surface area contributed by atoms with Crippen LogP contribution < -0.4 is 10.6 Å². The highest BCUT2D eigenvalue weighted by Gasteiger charge is 2.22. The number of halogens is 2. The van der Waals surface area contributed by atoms with Gasteiger partial charge < -0.3 is 10.6 Å². The van der Waals surface area contributed by atoms with E-state index in [4.69, 9.17) is 23.2 Å². The summed E-state index contributed by atoms with van der Waals surface area (Å²) < 4.78 is 0. The van der Waals surface area contributed by atoms with Crippen LogP contribution in [-0.4, -0.2) is 34.8 Å². The normalized spacial score (nSPS) is 11.8. The highest BCUT2D eigenvalue weighted by atomic mass is 35.5. The van der Waals surface area contributed by atoms with Crippen molar-refractivity contribution in [3.05, 3.63) is 70.3 Å². The predicted octanol–water partition coefficient (Wildman–Crippen LogP) is 5.03. The number of aromatic nitrogens is 1. The fourth-order valence-corrected chi connectivity index (χ4v) is 3.75. The number of pyridine rings is 1. The van der Waals surface area contributed by atoms with E-state index in [0.29, 0.717) is 22.9 Å². The molecule has 2 N–H and O–H groups in total. The summed E-state index contributed by atoms with van der Waals surface area (Å²) in [5, 5.41) is 7.21. The maximum Gasteiger partial charge on any atom is 0.253 e. The minimum Gasteiger partial charge on any atom is -0.340 e. The molecule has 0 saturated carbocycles. The third-order valence-corrected chi connectivity index (χ3v) is 5.46. The molecular formula is C21H19Cl2N3O2S. The molecule has 0 aliphatic rings. The van der Waals surface area contributed by atoms with Gasteiger partial charge in [-0.3, -0.25) is 14.6 Å². The largest absolute Gasteiger partial charge is 0.340 e. The molecule has 0 radical (unpaired) electrons. The van der Waals surface area contributed by atoms with Crippen molar-refractivity contribution in [2.75, 3.05) is 17.3 Å². The fourth-order valence-electron chi connectivity index (χ4n) is 2.78. The SMILES string of the molecule is CSCCC(NC(=O)c1ccc(Cl)cc1Cl)C(=O)Nc1cnc2ccccc2c1. The van der Waals surface area contributed by atoms with Gasteiger partial charge >= 0.3 is 0 Å². The van der Waals surface area contributed by atoms with Crippen LogP contribution in [0, 0.1) is 0 Å². The second kappa shape index (κ2) is 9.96. The van der Waals surface area contributed by atoms with Crippen molar-refractivity contribution in [3.63, 3.8) is 0 Å². The Hall–Kier alpha value is -2.28. The summed E-state index contributed by atoms with van der Waals surface area (Å²) in [4.78, 5) is 29.8. The molecule has 0 spiro atoms. The average molecular weight is 448 g/mol. The van der Waals surface area contributed by atoms with Gasteiger partial charge in [-0.15, -0.1) is 0 Å². The van der Waals surface area contributed by atoms with Gasteiger partial charge in [0.05, 0.1) is 28.0 Å². The van der Waals surface area contributed by atoms with E-state index in [1.165, 1.54) is 12.1 Å². The molecular weight excluding hydrogens is 429 g/mol. The molecule has 5 nitrogen and oxygen atoms in total. The number of carbonyl (C=O) groups is 2. The highest BCUT2D eigenvalue weighted by Crippen LogP contribution is 2.21. The second-order valence-electron chi connectivity index (χ2n) is 6.34. The first kappa shape index (κ1) is 21.4. The number of rotatable bonds is 7. The third-order valence-electron chi connectivity index (χ3n) is 4.27. The number of nitrogens with zero attached hydrogens (tertiary/aromatic N) is 1. The molecule has 1 heterocycles. The molecule has 3 aromatic rings. The molecule has 2 amide bonds. The van der Waals surface area contributed by atoms with E-state index in [1.54, 1.807) is 24.0 Å². The standard InChI is InChI=1S/C21H19Cl2N3O2S/c1-29-9-8-19(26-20(27)16-7-6-14(22)11-17(16)23)21(28)25-15-10-13-4-2-3-5-18(13)24-12-15/h2-7,10-12,19H,8-9H2,1H3,(H,25,28)(H,26,27). The molecule has 1 unspecified atom stereocenters. The monoisotopic (exact) mass is 447 g/mol. The Morgan fingerprint density at radius 3 is 2.69 bits per heavy atom. The topological polar surface area (TPSA) is 71.1 Å². The highest BCUT2D eigenvalue weighted by molar-refractivity contribution is 7.98. The number of carbonyl (C=O) groups excluding carboxylic acids is 2. The smallest absolute Gasteiger partial charge is 0.253 e. The Kier molecular flexibility index (Phi) is 7.36. The third kappa shape index (κ3) is 5.63. The van der Waals surface area contributed by atoms with Crippen LogP contribution >= 0.6 is 35.0 Å². The Labute approximate surface area is 183 Å². The number of hydrogen-bond donors (Lipinski definition) is 2. The van der Waals surface area contributed by atoms with E-state index in [1.807, 2.05) is 36.6 Å². The zero-order valence-electron chi connectivity index (χ0n) is 15.6. The zero-order chi connectivity index (χ0) is 20.8. The summed E-state index contributed by atoms with van der Waals surface area (Å²) >= 11 is 13.6. The van der Waals surface area contributed by atoms with Crippen LogP contribution in [0.2, 0.25) is 10.0 Å². The van der Waals surface area contributed by atoms with Crippen molar-refractivity contribution in [1.29, 1.82) is 0 Å². The number of amides is 2. The number of anilines is 1. The summed E-state index contributed by atoms with van der Waals surface area (Å²) in [7, 11) is 0. The number of thioether (sulfide) groups is 1. The lowest BCUT2D eigenvalue weighted by Crippen LogP contribution is -2.44. The quantitative estimate of drug-likeness (QED) is 0.532. The molecule has 8 heteroatoms. The van der Waals surface area contributed by atoms with Crippen LogP contribution in [0.3, 0.4) is 0 Å². The van der Waals surface area contributed by atoms with E-state index < -0.39 is 11.9 Å². The summed E-state index contributed by atoms with van der Waals surface area (Å²) in [6.45, 7) is 0. The lowest BCUT2D eigenvalue weighted by molar-refractivity contribution is -0.118. The minimum absolute atomic E-state index is 0.234. The van der Waals surface area contributed by atoms with E-state index >= 15 is 0 Å². The molecule has 1 aromatic heterocycles. The first-order chi connectivity index (χ1) is 14.0. The Morgan fingerprint density at radius 1 is 1.14 bits per heavy atom. The Balaban J connectivity index is 1.75. The van der Waals surface area contributed by atoms with Gasteiger partial charge in [0, 0.05) is 10.4 Å². The molecule has 3 rings (SSSR count). The van der Waals surface area contributed by atoms with Crippen LogP contribution in [0.15, 0.2) is 54.7 Å². The van der Waals surface area contributed by atoms with E-state index in [2.05, 4.69) is 15.6 Å². The molecule has 2 aromatic carbocycles. The fraction of sp³-hybridized carbons (Fsp3) is 0.190. The van der Waals surface area contributed by atoms with Crippen LogP contribution in [-0.2, 0) is 4.79 Å². The van der Waals surface area contributed by atoms with Gasteiger partial charge in [0.15, 0.2) is 0 Å². The van der Waals surface area contributed by atoms with E-state index in [9.17, 15) is 9.59 Å². The zero-order valence-corrected chi connectivity index (χ0v) is 17.9. The van der Waals surface area contributed by atoms with Crippen LogP contribution in [0.4, 0.5) is 5.69 Å². The lowest BCUT2D eigenvalue weighted by Gasteiger charge is -2.19. The van der Waals surface area contributed by atoms with Crippen LogP contribution in [0.1, 0.15) is 16.8 Å². The summed E-state index contributed by atoms with van der Waals surface area (Å²) in [5.41, 5.74) is 1.68. The number of benzene rings is 2. The van der Waals surface area contributed by atoms with E-state index in [-0.39, 0.29) is 16.5 Å². The number of para-hydroxylation sites is 1. The summed E-state index contributed by atoms with van der Waals surface area (Å²) in [6, 6.07) is 13.4. The number of nitrogens with one attached hydrogen (secondary N) is 2. The van der Waals surface area contributed by atoms with Crippen LogP contribution in [0.5, 0.6) is 0 Å². The molecule has 1 atom stereocenters. The molecule has 0 bridgehead atoms. The number of fused-ring (bicyclic) bond motifs is 1. The van der Waals surface area contributed by atoms with Crippen molar-refractivity contribution in [1.82, 2.24) is 10.3 Å². The van der Waals surface area contributed by atoms with Gasteiger partial charge in [0.2, 0.25) is 5.91 Å². The summed E-state index contributed by atoms with van der Waals surface area (Å²) in [6.07, 6.45) is 4.02. The summed E-state index contributed by atoms with van der Waals surface area (Å²) in [5.74, 6) is -0.0259. The molecule has 0 aliphatic carbocycles. The molecule has 150 valence electrons. The van der Waals surface area contributed by atoms with Gasteiger partial charge in [-0.1, -0.05) is 41.4 Å².